The minimum atomic E-state index is -0.364. The summed E-state index contributed by atoms with van der Waals surface area (Å²) in [6, 6.07) is 4.85. The number of ether oxygens (including phenoxy) is 1. The van der Waals surface area contributed by atoms with E-state index in [1.165, 1.54) is 13.2 Å². The summed E-state index contributed by atoms with van der Waals surface area (Å²) in [6.45, 7) is 5.51. The first kappa shape index (κ1) is 17.7. The van der Waals surface area contributed by atoms with Gasteiger partial charge in [-0.05, 0) is 18.4 Å². The number of halogens is 1. The lowest BCUT2D eigenvalue weighted by Crippen LogP contribution is -2.52. The highest BCUT2D eigenvalue weighted by Gasteiger charge is 2.22. The minimum absolute atomic E-state index is 0.0118. The Morgan fingerprint density at radius 3 is 2.70 bits per heavy atom. The van der Waals surface area contributed by atoms with Crippen molar-refractivity contribution in [3.8, 4) is 5.75 Å². The van der Waals surface area contributed by atoms with Gasteiger partial charge in [0.25, 0.3) is 0 Å². The van der Waals surface area contributed by atoms with Crippen LogP contribution in [-0.2, 0) is 0 Å². The number of hydrogen-bond donors (Lipinski definition) is 1. The first-order valence-electron chi connectivity index (χ1n) is 7.69. The smallest absolute Gasteiger partial charge is 0.317 e. The molecule has 5 nitrogen and oxygen atoms in total. The number of thioether (sulfide) groups is 1. The van der Waals surface area contributed by atoms with Gasteiger partial charge in [-0.15, -0.1) is 0 Å². The van der Waals surface area contributed by atoms with Gasteiger partial charge in [0.2, 0.25) is 0 Å². The third-order valence-corrected chi connectivity index (χ3v) is 4.98. The Labute approximate surface area is 141 Å². The van der Waals surface area contributed by atoms with Crippen molar-refractivity contribution in [2.75, 3.05) is 51.0 Å². The van der Waals surface area contributed by atoms with Gasteiger partial charge in [0, 0.05) is 49.7 Å². The van der Waals surface area contributed by atoms with E-state index in [9.17, 15) is 9.18 Å². The zero-order chi connectivity index (χ0) is 16.8. The predicted molar refractivity (Wildman–Crippen MR) is 93.1 cm³/mol. The molecule has 1 fully saturated rings. The molecule has 1 aliphatic heterocycles. The molecule has 23 heavy (non-hydrogen) atoms. The number of amides is 2. The Bertz CT molecular complexity index is 536. The molecule has 128 valence electrons. The molecular weight excluding hydrogens is 317 g/mol. The van der Waals surface area contributed by atoms with E-state index in [1.54, 1.807) is 23.9 Å². The number of nitrogens with zero attached hydrogens (tertiary/aromatic N) is 2. The Morgan fingerprint density at radius 1 is 1.39 bits per heavy atom. The molecule has 1 aromatic rings. The first-order valence-corrected chi connectivity index (χ1v) is 8.98. The van der Waals surface area contributed by atoms with Crippen LogP contribution in [-0.4, -0.2) is 62.3 Å². The molecule has 0 aliphatic carbocycles. The van der Waals surface area contributed by atoms with Crippen molar-refractivity contribution in [1.82, 2.24) is 10.2 Å². The second-order valence-electron chi connectivity index (χ2n) is 5.53. The average Bonchev–Trinajstić information content (AvgIpc) is 2.59. The van der Waals surface area contributed by atoms with Gasteiger partial charge in [0.05, 0.1) is 7.11 Å². The molecule has 1 N–H and O–H groups in total. The van der Waals surface area contributed by atoms with Gasteiger partial charge in [-0.3, -0.25) is 0 Å². The highest BCUT2D eigenvalue weighted by molar-refractivity contribution is 7.99. The SMILES string of the molecule is COc1cc(N2CCN(C(=O)NC[C@@H](C)SC)CC2)ccc1F. The fourth-order valence-corrected chi connectivity index (χ4v) is 2.69. The zero-order valence-corrected chi connectivity index (χ0v) is 14.7. The quantitative estimate of drug-likeness (QED) is 0.893. The number of carbonyl (C=O) groups is 1. The lowest BCUT2D eigenvalue weighted by Gasteiger charge is -2.36. The molecule has 1 aromatic carbocycles. The van der Waals surface area contributed by atoms with Crippen LogP contribution in [0.1, 0.15) is 6.92 Å². The monoisotopic (exact) mass is 341 g/mol. The van der Waals surface area contributed by atoms with Gasteiger partial charge in [-0.2, -0.15) is 11.8 Å². The number of hydrogen-bond acceptors (Lipinski definition) is 4. The molecule has 2 rings (SSSR count). The van der Waals surface area contributed by atoms with E-state index < -0.39 is 0 Å². The van der Waals surface area contributed by atoms with Crippen LogP contribution in [0, 0.1) is 5.82 Å². The van der Waals surface area contributed by atoms with Crippen LogP contribution >= 0.6 is 11.8 Å². The van der Waals surface area contributed by atoms with Crippen LogP contribution in [0.2, 0.25) is 0 Å². The Balaban J connectivity index is 1.87. The van der Waals surface area contributed by atoms with Crippen LogP contribution in [0.3, 0.4) is 0 Å². The number of rotatable bonds is 5. The standard InChI is InChI=1S/C16H24FN3O2S/c1-12(23-3)11-18-16(21)20-8-6-19(7-9-20)13-4-5-14(17)15(10-13)22-2/h4-5,10,12H,6-9,11H2,1-3H3,(H,18,21)/t12-/m1/s1. The maximum atomic E-state index is 13.5. The fourth-order valence-electron chi connectivity index (χ4n) is 2.44. The summed E-state index contributed by atoms with van der Waals surface area (Å²) >= 11 is 1.73. The lowest BCUT2D eigenvalue weighted by molar-refractivity contribution is 0.194. The van der Waals surface area contributed by atoms with Gasteiger partial charge in [-0.1, -0.05) is 6.92 Å². The largest absolute Gasteiger partial charge is 0.494 e. The van der Waals surface area contributed by atoms with Crippen LogP contribution in [0.15, 0.2) is 18.2 Å². The summed E-state index contributed by atoms with van der Waals surface area (Å²) in [5, 5.41) is 3.37. The maximum absolute atomic E-state index is 13.5. The molecule has 0 saturated carbocycles. The molecule has 1 heterocycles. The van der Waals surface area contributed by atoms with Gasteiger partial charge in [-0.25, -0.2) is 9.18 Å². The Morgan fingerprint density at radius 2 is 2.09 bits per heavy atom. The summed E-state index contributed by atoms with van der Waals surface area (Å²) in [4.78, 5) is 16.1. The van der Waals surface area contributed by atoms with Gasteiger partial charge in [0.15, 0.2) is 11.6 Å². The molecule has 7 heteroatoms. The van der Waals surface area contributed by atoms with E-state index in [1.807, 2.05) is 11.2 Å². The zero-order valence-electron chi connectivity index (χ0n) is 13.8. The molecule has 1 saturated heterocycles. The number of urea groups is 1. The average molecular weight is 341 g/mol. The van der Waals surface area contributed by atoms with Crippen LogP contribution in [0.25, 0.3) is 0 Å². The van der Waals surface area contributed by atoms with E-state index >= 15 is 0 Å². The van der Waals surface area contributed by atoms with Crippen LogP contribution < -0.4 is 15.0 Å². The first-order chi connectivity index (χ1) is 11.0. The summed E-state index contributed by atoms with van der Waals surface area (Å²) in [7, 11) is 1.46. The number of nitrogens with one attached hydrogen (secondary N) is 1. The number of methoxy groups -OCH3 is 1. The molecule has 0 spiro atoms. The van der Waals surface area contributed by atoms with E-state index in [0.29, 0.717) is 24.9 Å². The second-order valence-corrected chi connectivity index (χ2v) is 6.80. The van der Waals surface area contributed by atoms with Crippen molar-refractivity contribution in [3.63, 3.8) is 0 Å². The molecule has 1 atom stereocenters. The van der Waals surface area contributed by atoms with Crippen molar-refractivity contribution >= 4 is 23.5 Å². The molecule has 1 aliphatic rings. The predicted octanol–water partition coefficient (Wildman–Crippen LogP) is 2.42. The molecular formula is C16H24FN3O2S. The summed E-state index contributed by atoms with van der Waals surface area (Å²) in [5.41, 5.74) is 0.916. The third-order valence-electron chi connectivity index (χ3n) is 4.01. The lowest BCUT2D eigenvalue weighted by atomic mass is 10.2. The van der Waals surface area contributed by atoms with Crippen LogP contribution in [0.5, 0.6) is 5.75 Å². The highest BCUT2D eigenvalue weighted by Crippen LogP contribution is 2.25. The second kappa shape index (κ2) is 8.29. The topological polar surface area (TPSA) is 44.8 Å². The molecule has 0 radical (unpaired) electrons. The summed E-state index contributed by atoms with van der Waals surface area (Å²) in [5.74, 6) is -0.120. The van der Waals surface area contributed by atoms with Crippen molar-refractivity contribution in [2.45, 2.75) is 12.2 Å². The van der Waals surface area contributed by atoms with Gasteiger partial charge >= 0.3 is 6.03 Å². The fraction of sp³-hybridized carbons (Fsp3) is 0.562. The van der Waals surface area contributed by atoms with Crippen molar-refractivity contribution in [2.24, 2.45) is 0 Å². The van der Waals surface area contributed by atoms with Gasteiger partial charge in [0.1, 0.15) is 0 Å². The summed E-state index contributed by atoms with van der Waals surface area (Å²) < 4.78 is 18.5. The molecule has 0 aromatic heterocycles. The van der Waals surface area contributed by atoms with Crippen molar-refractivity contribution in [1.29, 1.82) is 0 Å². The van der Waals surface area contributed by atoms with Crippen LogP contribution in [0.4, 0.5) is 14.9 Å². The molecule has 2 amide bonds. The molecule has 0 unspecified atom stereocenters. The Kier molecular flexibility index (Phi) is 6.38. The maximum Gasteiger partial charge on any atom is 0.317 e. The number of anilines is 1. The van der Waals surface area contributed by atoms with E-state index in [-0.39, 0.29) is 17.6 Å². The Hall–Kier alpha value is -1.63. The van der Waals surface area contributed by atoms with Gasteiger partial charge < -0.3 is 19.9 Å². The number of carbonyl (C=O) groups excluding carboxylic acids is 1. The normalized spacial score (nSPS) is 16.2. The third kappa shape index (κ3) is 4.67. The molecule has 0 bridgehead atoms. The number of benzene rings is 1. The highest BCUT2D eigenvalue weighted by atomic mass is 32.2. The summed E-state index contributed by atoms with van der Waals surface area (Å²) in [6.07, 6.45) is 2.03. The van der Waals surface area contributed by atoms with E-state index in [2.05, 4.69) is 17.1 Å². The minimum Gasteiger partial charge on any atom is -0.494 e. The van der Waals surface area contributed by atoms with Crippen molar-refractivity contribution < 1.29 is 13.9 Å². The number of piperazine rings is 1. The van der Waals surface area contributed by atoms with Crippen molar-refractivity contribution in [3.05, 3.63) is 24.0 Å². The van der Waals surface area contributed by atoms with E-state index in [0.717, 1.165) is 18.8 Å². The van der Waals surface area contributed by atoms with E-state index in [4.69, 9.17) is 4.74 Å².